The molecule has 10 heavy (non-hydrogen) atoms. The molecular weight excluding hydrogens is 130 g/mol. The van der Waals surface area contributed by atoms with Gasteiger partial charge in [0, 0.05) is 5.54 Å². The second-order valence-electron chi connectivity index (χ2n) is 3.29. The van der Waals surface area contributed by atoms with Gasteiger partial charge < -0.3 is 10.8 Å². The Labute approximate surface area is 60.2 Å². The van der Waals surface area contributed by atoms with Crippen molar-refractivity contribution in [3.63, 3.8) is 0 Å². The summed E-state index contributed by atoms with van der Waals surface area (Å²) in [5.41, 5.74) is 5.28. The van der Waals surface area contributed by atoms with Crippen molar-refractivity contribution in [1.29, 1.82) is 0 Å². The van der Waals surface area contributed by atoms with E-state index >= 15 is 0 Å². The van der Waals surface area contributed by atoms with Crippen molar-refractivity contribution in [2.75, 3.05) is 0 Å². The number of carboxylic acids is 1. The Kier molecular flexibility index (Phi) is 1.68. The zero-order chi connectivity index (χ0) is 7.78. The molecule has 0 aliphatic heterocycles. The number of nitrogens with two attached hydrogens (primary N) is 1. The molecule has 0 amide bonds. The van der Waals surface area contributed by atoms with Crippen molar-refractivity contribution < 1.29 is 9.90 Å². The molecule has 0 aromatic heterocycles. The van der Waals surface area contributed by atoms with E-state index in [1.807, 2.05) is 6.92 Å². The van der Waals surface area contributed by atoms with Crippen LogP contribution in [0.1, 0.15) is 26.2 Å². The van der Waals surface area contributed by atoms with Crippen LogP contribution in [-0.4, -0.2) is 16.6 Å². The summed E-state index contributed by atoms with van der Waals surface area (Å²) in [5, 5.41) is 8.67. The van der Waals surface area contributed by atoms with E-state index in [2.05, 4.69) is 0 Å². The molecule has 1 saturated carbocycles. The van der Waals surface area contributed by atoms with Crippen molar-refractivity contribution in [2.45, 2.75) is 31.7 Å². The number of aliphatic carboxylic acids is 1. The smallest absolute Gasteiger partial charge is 0.308 e. The minimum Gasteiger partial charge on any atom is -0.481 e. The Balaban J connectivity index is 2.68. The fourth-order valence-corrected chi connectivity index (χ4v) is 1.60. The van der Waals surface area contributed by atoms with Gasteiger partial charge in [-0.15, -0.1) is 0 Å². The summed E-state index contributed by atoms with van der Waals surface area (Å²) in [7, 11) is 0. The van der Waals surface area contributed by atoms with E-state index in [9.17, 15) is 4.79 Å². The van der Waals surface area contributed by atoms with Crippen LogP contribution in [0.5, 0.6) is 0 Å². The summed E-state index contributed by atoms with van der Waals surface area (Å²) in [6.07, 6.45) is 2.52. The van der Waals surface area contributed by atoms with Gasteiger partial charge in [0.1, 0.15) is 0 Å². The number of carboxylic acid groups (broad SMARTS) is 1. The first-order valence-electron chi connectivity index (χ1n) is 3.56. The van der Waals surface area contributed by atoms with Gasteiger partial charge in [-0.05, 0) is 19.8 Å². The molecule has 0 aromatic carbocycles. The van der Waals surface area contributed by atoms with Crippen LogP contribution < -0.4 is 5.73 Å². The van der Waals surface area contributed by atoms with Crippen LogP contribution in [0.15, 0.2) is 0 Å². The van der Waals surface area contributed by atoms with E-state index in [1.165, 1.54) is 0 Å². The molecule has 0 radical (unpaired) electrons. The van der Waals surface area contributed by atoms with E-state index in [-0.39, 0.29) is 5.92 Å². The average molecular weight is 143 g/mol. The van der Waals surface area contributed by atoms with Crippen molar-refractivity contribution in [2.24, 2.45) is 11.7 Å². The molecular formula is C7H13NO2. The minimum absolute atomic E-state index is 0.326. The monoisotopic (exact) mass is 143 g/mol. The van der Waals surface area contributed by atoms with Gasteiger partial charge in [0.05, 0.1) is 5.92 Å². The lowest BCUT2D eigenvalue weighted by atomic mass is 9.90. The van der Waals surface area contributed by atoms with Crippen LogP contribution >= 0.6 is 0 Å². The Morgan fingerprint density at radius 1 is 1.80 bits per heavy atom. The summed E-state index contributed by atoms with van der Waals surface area (Å²) in [6, 6.07) is 0. The third kappa shape index (κ3) is 1.14. The molecule has 0 heterocycles. The molecule has 1 fully saturated rings. The molecule has 1 aliphatic carbocycles. The van der Waals surface area contributed by atoms with Crippen molar-refractivity contribution in [3.8, 4) is 0 Å². The lowest BCUT2D eigenvalue weighted by Crippen LogP contribution is -2.43. The minimum atomic E-state index is -0.748. The Morgan fingerprint density at radius 2 is 2.40 bits per heavy atom. The van der Waals surface area contributed by atoms with Crippen LogP contribution in [0.4, 0.5) is 0 Å². The first kappa shape index (κ1) is 7.54. The van der Waals surface area contributed by atoms with Crippen LogP contribution in [-0.2, 0) is 4.79 Å². The maximum Gasteiger partial charge on any atom is 0.308 e. The van der Waals surface area contributed by atoms with Gasteiger partial charge in [-0.2, -0.15) is 0 Å². The SMILES string of the molecule is C[C@@]1(N)CCC[C@@H]1C(=O)O. The van der Waals surface area contributed by atoms with Gasteiger partial charge in [0.15, 0.2) is 0 Å². The van der Waals surface area contributed by atoms with Gasteiger partial charge in [-0.25, -0.2) is 0 Å². The quantitative estimate of drug-likeness (QED) is 0.564. The van der Waals surface area contributed by atoms with Crippen molar-refractivity contribution in [1.82, 2.24) is 0 Å². The predicted molar refractivity (Wildman–Crippen MR) is 37.6 cm³/mol. The molecule has 0 unspecified atom stereocenters. The highest BCUT2D eigenvalue weighted by molar-refractivity contribution is 5.72. The number of hydrogen-bond acceptors (Lipinski definition) is 2. The second kappa shape index (κ2) is 2.23. The third-order valence-corrected chi connectivity index (χ3v) is 2.30. The number of carbonyl (C=O) groups is 1. The highest BCUT2D eigenvalue weighted by atomic mass is 16.4. The van der Waals surface area contributed by atoms with Crippen molar-refractivity contribution in [3.05, 3.63) is 0 Å². The molecule has 0 saturated heterocycles. The standard InChI is InChI=1S/C7H13NO2/c1-7(8)4-2-3-5(7)6(9)10/h5H,2-4,8H2,1H3,(H,9,10)/t5-,7-/m1/s1. The molecule has 3 N–H and O–H groups in total. The van der Waals surface area contributed by atoms with Crippen molar-refractivity contribution >= 4 is 5.97 Å². The van der Waals surface area contributed by atoms with E-state index in [1.54, 1.807) is 0 Å². The highest BCUT2D eigenvalue weighted by Crippen LogP contribution is 2.33. The van der Waals surface area contributed by atoms with E-state index in [0.717, 1.165) is 19.3 Å². The van der Waals surface area contributed by atoms with Gasteiger partial charge >= 0.3 is 5.97 Å². The number of hydrogen-bond donors (Lipinski definition) is 2. The van der Waals surface area contributed by atoms with Gasteiger partial charge in [0.25, 0.3) is 0 Å². The summed E-state index contributed by atoms with van der Waals surface area (Å²) < 4.78 is 0. The molecule has 1 rings (SSSR count). The van der Waals surface area contributed by atoms with Gasteiger partial charge in [0.2, 0.25) is 0 Å². The molecule has 0 spiro atoms. The van der Waals surface area contributed by atoms with E-state index < -0.39 is 11.5 Å². The molecule has 2 atom stereocenters. The van der Waals surface area contributed by atoms with Crippen LogP contribution in [0, 0.1) is 5.92 Å². The fourth-order valence-electron chi connectivity index (χ4n) is 1.60. The number of rotatable bonds is 1. The molecule has 0 aromatic rings. The van der Waals surface area contributed by atoms with Crippen LogP contribution in [0.3, 0.4) is 0 Å². The summed E-state index contributed by atoms with van der Waals surface area (Å²) in [4.78, 5) is 10.5. The zero-order valence-corrected chi connectivity index (χ0v) is 6.13. The normalized spacial score (nSPS) is 40.0. The largest absolute Gasteiger partial charge is 0.481 e. The average Bonchev–Trinajstić information content (AvgIpc) is 2.08. The predicted octanol–water partition coefficient (Wildman–Crippen LogP) is 0.589. The fraction of sp³-hybridized carbons (Fsp3) is 0.857. The highest BCUT2D eigenvalue weighted by Gasteiger charge is 2.39. The van der Waals surface area contributed by atoms with E-state index in [0.29, 0.717) is 0 Å². The molecule has 3 nitrogen and oxygen atoms in total. The van der Waals surface area contributed by atoms with Crippen LogP contribution in [0.25, 0.3) is 0 Å². The first-order chi connectivity index (χ1) is 4.54. The molecule has 58 valence electrons. The van der Waals surface area contributed by atoms with Gasteiger partial charge in [-0.3, -0.25) is 4.79 Å². The molecule has 3 heteroatoms. The Hall–Kier alpha value is -0.570. The maximum atomic E-state index is 10.5. The summed E-state index contributed by atoms with van der Waals surface area (Å²) in [5.74, 6) is -1.07. The zero-order valence-electron chi connectivity index (χ0n) is 6.13. The lowest BCUT2D eigenvalue weighted by Gasteiger charge is -2.22. The third-order valence-electron chi connectivity index (χ3n) is 2.30. The Morgan fingerprint density at radius 3 is 2.60 bits per heavy atom. The van der Waals surface area contributed by atoms with Crippen LogP contribution in [0.2, 0.25) is 0 Å². The lowest BCUT2D eigenvalue weighted by molar-refractivity contribution is -0.143. The molecule has 0 bridgehead atoms. The van der Waals surface area contributed by atoms with Gasteiger partial charge in [-0.1, -0.05) is 6.42 Å². The van der Waals surface area contributed by atoms with E-state index in [4.69, 9.17) is 10.8 Å². The maximum absolute atomic E-state index is 10.5. The Bertz CT molecular complexity index is 154. The molecule has 1 aliphatic rings. The topological polar surface area (TPSA) is 63.3 Å². The first-order valence-corrected chi connectivity index (χ1v) is 3.56. The summed E-state index contributed by atoms with van der Waals surface area (Å²) >= 11 is 0. The second-order valence-corrected chi connectivity index (χ2v) is 3.29. The summed E-state index contributed by atoms with van der Waals surface area (Å²) in [6.45, 7) is 1.82.